The summed E-state index contributed by atoms with van der Waals surface area (Å²) in [4.78, 5) is 0. The van der Waals surface area contributed by atoms with Crippen LogP contribution in [0, 0.1) is 0 Å². The zero-order chi connectivity index (χ0) is 11.5. The first-order chi connectivity index (χ1) is 6.94. The highest BCUT2D eigenvalue weighted by Gasteiger charge is 2.09. The summed E-state index contributed by atoms with van der Waals surface area (Å²) in [6.45, 7) is 0. The first kappa shape index (κ1) is 12.9. The van der Waals surface area contributed by atoms with Crippen molar-refractivity contribution >= 4 is 50.5 Å². The standard InChI is InChI=1S/C8H8Cl3NO2S/c9-3-4-15(13,14)12-6-1-2-7(10)8(11)5-6/h1-2,5,12H,3-4H2. The zero-order valence-corrected chi connectivity index (χ0v) is 10.6. The van der Waals surface area contributed by atoms with Crippen molar-refractivity contribution in [2.75, 3.05) is 16.4 Å². The SMILES string of the molecule is O=S(=O)(CCCl)Nc1ccc(Cl)c(Cl)c1. The summed E-state index contributed by atoms with van der Waals surface area (Å²) in [5, 5.41) is 0.666. The van der Waals surface area contributed by atoms with Gasteiger partial charge in [-0.2, -0.15) is 0 Å². The average molecular weight is 289 g/mol. The predicted octanol–water partition coefficient (Wildman–Crippen LogP) is 2.97. The summed E-state index contributed by atoms with van der Waals surface area (Å²) in [7, 11) is -3.40. The minimum atomic E-state index is -3.40. The number of benzene rings is 1. The van der Waals surface area contributed by atoms with E-state index in [1.54, 1.807) is 0 Å². The second-order valence-corrected chi connectivity index (χ2v) is 5.77. The topological polar surface area (TPSA) is 46.2 Å². The van der Waals surface area contributed by atoms with Crippen molar-refractivity contribution in [2.45, 2.75) is 0 Å². The van der Waals surface area contributed by atoms with Gasteiger partial charge in [-0.15, -0.1) is 11.6 Å². The van der Waals surface area contributed by atoms with Gasteiger partial charge < -0.3 is 0 Å². The van der Waals surface area contributed by atoms with Gasteiger partial charge in [0.15, 0.2) is 0 Å². The third-order valence-corrected chi connectivity index (χ3v) is 3.98. The highest BCUT2D eigenvalue weighted by atomic mass is 35.5. The van der Waals surface area contributed by atoms with E-state index in [4.69, 9.17) is 34.8 Å². The van der Waals surface area contributed by atoms with Crippen LogP contribution < -0.4 is 4.72 Å². The highest BCUT2D eigenvalue weighted by Crippen LogP contribution is 2.25. The van der Waals surface area contributed by atoms with Crippen LogP contribution in [0.3, 0.4) is 0 Å². The Morgan fingerprint density at radius 1 is 1.20 bits per heavy atom. The third-order valence-electron chi connectivity index (χ3n) is 1.54. The number of rotatable bonds is 4. The fourth-order valence-electron chi connectivity index (χ4n) is 0.892. The van der Waals surface area contributed by atoms with Crippen molar-refractivity contribution in [3.05, 3.63) is 28.2 Å². The van der Waals surface area contributed by atoms with Crippen LogP contribution in [-0.2, 0) is 10.0 Å². The Balaban J connectivity index is 2.86. The molecule has 0 bridgehead atoms. The van der Waals surface area contributed by atoms with Crippen LogP contribution in [0.4, 0.5) is 5.69 Å². The van der Waals surface area contributed by atoms with Crippen LogP contribution in [0.25, 0.3) is 0 Å². The maximum atomic E-state index is 11.3. The van der Waals surface area contributed by atoms with E-state index in [1.165, 1.54) is 18.2 Å². The van der Waals surface area contributed by atoms with Gasteiger partial charge in [-0.25, -0.2) is 8.42 Å². The summed E-state index contributed by atoms with van der Waals surface area (Å²) in [5.41, 5.74) is 0.370. The molecule has 1 N–H and O–H groups in total. The Morgan fingerprint density at radius 3 is 2.40 bits per heavy atom. The number of sulfonamides is 1. The molecule has 0 fully saturated rings. The van der Waals surface area contributed by atoms with Gasteiger partial charge in [-0.3, -0.25) is 4.72 Å². The molecule has 7 heteroatoms. The predicted molar refractivity (Wildman–Crippen MR) is 64.6 cm³/mol. The Morgan fingerprint density at radius 2 is 1.87 bits per heavy atom. The van der Waals surface area contributed by atoms with E-state index < -0.39 is 10.0 Å². The highest BCUT2D eigenvalue weighted by molar-refractivity contribution is 7.92. The molecule has 0 aliphatic rings. The largest absolute Gasteiger partial charge is 0.283 e. The first-order valence-electron chi connectivity index (χ1n) is 3.96. The van der Waals surface area contributed by atoms with E-state index in [0.717, 1.165) is 0 Å². The molecule has 0 unspecified atom stereocenters. The molecule has 1 aromatic carbocycles. The summed E-state index contributed by atoms with van der Waals surface area (Å²) in [6, 6.07) is 4.48. The number of halogens is 3. The van der Waals surface area contributed by atoms with E-state index in [-0.39, 0.29) is 11.6 Å². The molecule has 15 heavy (non-hydrogen) atoms. The first-order valence-corrected chi connectivity index (χ1v) is 6.90. The molecule has 0 radical (unpaired) electrons. The van der Waals surface area contributed by atoms with Crippen LogP contribution in [-0.4, -0.2) is 20.1 Å². The van der Waals surface area contributed by atoms with Gasteiger partial charge in [-0.1, -0.05) is 23.2 Å². The second-order valence-electron chi connectivity index (χ2n) is 2.74. The van der Waals surface area contributed by atoms with Crippen LogP contribution in [0.5, 0.6) is 0 Å². The van der Waals surface area contributed by atoms with Gasteiger partial charge in [0.05, 0.1) is 21.5 Å². The van der Waals surface area contributed by atoms with E-state index in [0.29, 0.717) is 15.7 Å². The van der Waals surface area contributed by atoms with Crippen molar-refractivity contribution in [3.63, 3.8) is 0 Å². The van der Waals surface area contributed by atoms with Gasteiger partial charge in [0.25, 0.3) is 0 Å². The Labute approximate surface area is 103 Å². The molecule has 1 rings (SSSR count). The molecule has 0 atom stereocenters. The van der Waals surface area contributed by atoms with E-state index in [1.807, 2.05) is 0 Å². The molecule has 0 aromatic heterocycles. The molecular weight excluding hydrogens is 281 g/mol. The Hall–Kier alpha value is -0.160. The molecule has 0 saturated carbocycles. The number of nitrogens with one attached hydrogen (secondary N) is 1. The van der Waals surface area contributed by atoms with Gasteiger partial charge in [0.1, 0.15) is 0 Å². The lowest BCUT2D eigenvalue weighted by Crippen LogP contribution is -2.17. The third kappa shape index (κ3) is 4.07. The van der Waals surface area contributed by atoms with Crippen molar-refractivity contribution in [3.8, 4) is 0 Å². The number of alkyl halides is 1. The number of hydrogen-bond donors (Lipinski definition) is 1. The summed E-state index contributed by atoms with van der Waals surface area (Å²) >= 11 is 16.8. The molecular formula is C8H8Cl3NO2S. The van der Waals surface area contributed by atoms with Gasteiger partial charge in [-0.05, 0) is 18.2 Å². The monoisotopic (exact) mass is 287 g/mol. The fraction of sp³-hybridized carbons (Fsp3) is 0.250. The molecule has 84 valence electrons. The maximum Gasteiger partial charge on any atom is 0.233 e. The molecule has 0 amide bonds. The molecule has 0 aliphatic carbocycles. The minimum Gasteiger partial charge on any atom is -0.283 e. The molecule has 3 nitrogen and oxygen atoms in total. The number of hydrogen-bond acceptors (Lipinski definition) is 2. The fourth-order valence-corrected chi connectivity index (χ4v) is 2.59. The van der Waals surface area contributed by atoms with Crippen molar-refractivity contribution in [1.82, 2.24) is 0 Å². The molecule has 1 aromatic rings. The molecule has 0 heterocycles. The molecule has 0 aliphatic heterocycles. The second kappa shape index (κ2) is 5.25. The Bertz CT molecular complexity index is 447. The lowest BCUT2D eigenvalue weighted by atomic mass is 10.3. The summed E-state index contributed by atoms with van der Waals surface area (Å²) in [5.74, 6) is -0.106. The average Bonchev–Trinajstić information content (AvgIpc) is 2.10. The van der Waals surface area contributed by atoms with Crippen molar-refractivity contribution in [2.24, 2.45) is 0 Å². The van der Waals surface area contributed by atoms with Gasteiger partial charge in [0.2, 0.25) is 10.0 Å². The quantitative estimate of drug-likeness (QED) is 0.866. The summed E-state index contributed by atoms with van der Waals surface area (Å²) in [6.07, 6.45) is 0. The van der Waals surface area contributed by atoms with Crippen molar-refractivity contribution in [1.29, 1.82) is 0 Å². The van der Waals surface area contributed by atoms with Crippen LogP contribution in [0.15, 0.2) is 18.2 Å². The van der Waals surface area contributed by atoms with E-state index >= 15 is 0 Å². The lowest BCUT2D eigenvalue weighted by molar-refractivity contribution is 0.602. The van der Waals surface area contributed by atoms with Gasteiger partial charge in [0, 0.05) is 5.88 Å². The number of anilines is 1. The van der Waals surface area contributed by atoms with Crippen molar-refractivity contribution < 1.29 is 8.42 Å². The van der Waals surface area contributed by atoms with E-state index in [2.05, 4.69) is 4.72 Å². The smallest absolute Gasteiger partial charge is 0.233 e. The Kier molecular flexibility index (Phi) is 4.52. The summed E-state index contributed by atoms with van der Waals surface area (Å²) < 4.78 is 25.0. The van der Waals surface area contributed by atoms with Gasteiger partial charge >= 0.3 is 0 Å². The minimum absolute atomic E-state index is 0.0383. The van der Waals surface area contributed by atoms with E-state index in [9.17, 15) is 8.42 Å². The normalized spacial score (nSPS) is 11.4. The van der Waals surface area contributed by atoms with Crippen LogP contribution >= 0.6 is 34.8 Å². The van der Waals surface area contributed by atoms with Crippen LogP contribution in [0.1, 0.15) is 0 Å². The molecule has 0 saturated heterocycles. The zero-order valence-electron chi connectivity index (χ0n) is 7.50. The van der Waals surface area contributed by atoms with Crippen LogP contribution in [0.2, 0.25) is 10.0 Å². The molecule has 0 spiro atoms. The lowest BCUT2D eigenvalue weighted by Gasteiger charge is -2.07. The maximum absolute atomic E-state index is 11.3.